The summed E-state index contributed by atoms with van der Waals surface area (Å²) < 4.78 is 10.5. The largest absolute Gasteiger partial charge is 0.490 e. The van der Waals surface area contributed by atoms with E-state index in [0.717, 1.165) is 5.56 Å². The van der Waals surface area contributed by atoms with Crippen LogP contribution in [0.2, 0.25) is 0 Å². The molecule has 1 aromatic heterocycles. The van der Waals surface area contributed by atoms with Gasteiger partial charge >= 0.3 is 5.69 Å². The molecule has 2 aromatic rings. The van der Waals surface area contributed by atoms with Gasteiger partial charge in [-0.2, -0.15) is 0 Å². The van der Waals surface area contributed by atoms with Crippen molar-refractivity contribution in [1.29, 1.82) is 0 Å². The maximum atomic E-state index is 10.9. The lowest BCUT2D eigenvalue weighted by Crippen LogP contribution is -1.98. The number of methoxy groups -OCH3 is 1. The molecule has 104 valence electrons. The summed E-state index contributed by atoms with van der Waals surface area (Å²) in [5.41, 5.74) is 6.16. The molecule has 1 aromatic carbocycles. The molecule has 0 aliphatic heterocycles. The van der Waals surface area contributed by atoms with Crippen molar-refractivity contribution in [3.8, 4) is 17.2 Å². The third kappa shape index (κ3) is 3.01. The van der Waals surface area contributed by atoms with Gasteiger partial charge in [-0.1, -0.05) is 0 Å². The molecule has 7 nitrogen and oxygen atoms in total. The summed E-state index contributed by atoms with van der Waals surface area (Å²) in [4.78, 5) is 14.4. The number of hydrogen-bond donors (Lipinski definition) is 1. The summed E-state index contributed by atoms with van der Waals surface area (Å²) in [6, 6.07) is 6.09. The second-order valence-corrected chi connectivity index (χ2v) is 3.93. The summed E-state index contributed by atoms with van der Waals surface area (Å²) in [6.07, 6.45) is 3.14. The summed E-state index contributed by atoms with van der Waals surface area (Å²) in [7, 11) is 1.37. The van der Waals surface area contributed by atoms with E-state index in [1.165, 1.54) is 25.4 Å². The summed E-state index contributed by atoms with van der Waals surface area (Å²) >= 11 is 0. The zero-order valence-corrected chi connectivity index (χ0v) is 10.8. The van der Waals surface area contributed by atoms with Gasteiger partial charge in [-0.05, 0) is 23.8 Å². The molecule has 0 radical (unpaired) electrons. The Kier molecular flexibility index (Phi) is 4.11. The van der Waals surface area contributed by atoms with Crippen LogP contribution in [0.25, 0.3) is 0 Å². The van der Waals surface area contributed by atoms with Crippen LogP contribution in [0.1, 0.15) is 5.56 Å². The van der Waals surface area contributed by atoms with E-state index in [1.54, 1.807) is 18.3 Å². The molecular formula is C13H13N3O4. The molecule has 0 aliphatic rings. The first-order valence-electron chi connectivity index (χ1n) is 5.78. The fraction of sp³-hybridized carbons (Fsp3) is 0.154. The number of nitro benzene ring substituents is 1. The van der Waals surface area contributed by atoms with Crippen molar-refractivity contribution in [2.24, 2.45) is 5.73 Å². The van der Waals surface area contributed by atoms with Crippen LogP contribution in [-0.2, 0) is 6.54 Å². The summed E-state index contributed by atoms with van der Waals surface area (Å²) in [6.45, 7) is 0.340. The summed E-state index contributed by atoms with van der Waals surface area (Å²) in [5.74, 6) is 0.970. The number of pyridine rings is 1. The van der Waals surface area contributed by atoms with Gasteiger partial charge in [0.15, 0.2) is 5.75 Å². The van der Waals surface area contributed by atoms with Gasteiger partial charge in [0, 0.05) is 12.7 Å². The van der Waals surface area contributed by atoms with Crippen molar-refractivity contribution in [1.82, 2.24) is 4.98 Å². The number of nitro groups is 1. The standard InChI is InChI=1S/C13H13N3O4/c1-19-13-3-2-10(5-12(13)16(17)18)20-11-4-9(6-14)7-15-8-11/h2-5,7-8H,6,14H2,1H3. The van der Waals surface area contributed by atoms with E-state index in [2.05, 4.69) is 4.98 Å². The van der Waals surface area contributed by atoms with E-state index in [4.69, 9.17) is 15.2 Å². The number of hydrogen-bond acceptors (Lipinski definition) is 6. The molecule has 0 aliphatic carbocycles. The maximum Gasteiger partial charge on any atom is 0.314 e. The van der Waals surface area contributed by atoms with Crippen LogP contribution < -0.4 is 15.2 Å². The third-order valence-electron chi connectivity index (χ3n) is 2.59. The highest BCUT2D eigenvalue weighted by atomic mass is 16.6. The molecule has 2 rings (SSSR count). The highest BCUT2D eigenvalue weighted by molar-refractivity contribution is 5.51. The van der Waals surface area contributed by atoms with Crippen molar-refractivity contribution in [3.63, 3.8) is 0 Å². The van der Waals surface area contributed by atoms with Crippen LogP contribution in [0.5, 0.6) is 17.2 Å². The van der Waals surface area contributed by atoms with Crippen LogP contribution in [-0.4, -0.2) is 17.0 Å². The fourth-order valence-electron chi connectivity index (χ4n) is 1.64. The first-order valence-corrected chi connectivity index (χ1v) is 5.78. The van der Waals surface area contributed by atoms with Gasteiger partial charge in [-0.3, -0.25) is 15.1 Å². The van der Waals surface area contributed by atoms with Crippen molar-refractivity contribution in [2.45, 2.75) is 6.54 Å². The van der Waals surface area contributed by atoms with Crippen LogP contribution >= 0.6 is 0 Å². The number of ether oxygens (including phenoxy) is 2. The van der Waals surface area contributed by atoms with E-state index in [1.807, 2.05) is 0 Å². The average Bonchev–Trinajstić information content (AvgIpc) is 2.47. The Morgan fingerprint density at radius 3 is 2.75 bits per heavy atom. The van der Waals surface area contributed by atoms with E-state index < -0.39 is 4.92 Å². The smallest absolute Gasteiger partial charge is 0.314 e. The van der Waals surface area contributed by atoms with Crippen molar-refractivity contribution in [3.05, 3.63) is 52.3 Å². The number of rotatable bonds is 5. The maximum absolute atomic E-state index is 10.9. The molecule has 0 amide bonds. The highest BCUT2D eigenvalue weighted by Gasteiger charge is 2.16. The van der Waals surface area contributed by atoms with Gasteiger partial charge in [-0.25, -0.2) is 0 Å². The highest BCUT2D eigenvalue weighted by Crippen LogP contribution is 2.32. The van der Waals surface area contributed by atoms with Crippen molar-refractivity contribution in [2.75, 3.05) is 7.11 Å². The van der Waals surface area contributed by atoms with Gasteiger partial charge in [0.2, 0.25) is 0 Å². The van der Waals surface area contributed by atoms with Gasteiger partial charge in [0.1, 0.15) is 11.5 Å². The first kappa shape index (κ1) is 13.8. The zero-order valence-electron chi connectivity index (χ0n) is 10.8. The van der Waals surface area contributed by atoms with Gasteiger partial charge in [0.05, 0.1) is 24.3 Å². The van der Waals surface area contributed by atoms with Gasteiger partial charge < -0.3 is 15.2 Å². The molecule has 2 N–H and O–H groups in total. The predicted molar refractivity (Wildman–Crippen MR) is 71.9 cm³/mol. The number of nitrogens with zero attached hydrogens (tertiary/aromatic N) is 2. The number of nitrogens with two attached hydrogens (primary N) is 1. The minimum atomic E-state index is -0.528. The van der Waals surface area contributed by atoms with Gasteiger partial charge in [0.25, 0.3) is 0 Å². The number of benzene rings is 1. The Bertz CT molecular complexity index is 631. The molecule has 0 fully saturated rings. The Balaban J connectivity index is 2.29. The molecule has 0 bridgehead atoms. The first-order chi connectivity index (χ1) is 9.63. The zero-order chi connectivity index (χ0) is 14.5. The van der Waals surface area contributed by atoms with Crippen LogP contribution in [0.4, 0.5) is 5.69 Å². The van der Waals surface area contributed by atoms with Crippen molar-refractivity contribution < 1.29 is 14.4 Å². The Morgan fingerprint density at radius 1 is 1.30 bits per heavy atom. The number of aromatic nitrogens is 1. The van der Waals surface area contributed by atoms with E-state index in [0.29, 0.717) is 18.0 Å². The molecule has 0 spiro atoms. The predicted octanol–water partition coefficient (Wildman–Crippen LogP) is 2.25. The minimum Gasteiger partial charge on any atom is -0.490 e. The van der Waals surface area contributed by atoms with Gasteiger partial charge in [-0.15, -0.1) is 0 Å². The second kappa shape index (κ2) is 5.98. The van der Waals surface area contributed by atoms with E-state index in [9.17, 15) is 10.1 Å². The molecule has 0 unspecified atom stereocenters. The quantitative estimate of drug-likeness (QED) is 0.663. The third-order valence-corrected chi connectivity index (χ3v) is 2.59. The Labute approximate surface area is 115 Å². The second-order valence-electron chi connectivity index (χ2n) is 3.93. The molecular weight excluding hydrogens is 262 g/mol. The lowest BCUT2D eigenvalue weighted by atomic mass is 10.2. The fourth-order valence-corrected chi connectivity index (χ4v) is 1.64. The lowest BCUT2D eigenvalue weighted by molar-refractivity contribution is -0.385. The van der Waals surface area contributed by atoms with E-state index in [-0.39, 0.29) is 11.4 Å². The molecule has 1 heterocycles. The van der Waals surface area contributed by atoms with Crippen molar-refractivity contribution >= 4 is 5.69 Å². The Hall–Kier alpha value is -2.67. The lowest BCUT2D eigenvalue weighted by Gasteiger charge is -2.08. The van der Waals surface area contributed by atoms with Crippen LogP contribution in [0, 0.1) is 10.1 Å². The van der Waals surface area contributed by atoms with Crippen LogP contribution in [0.3, 0.4) is 0 Å². The normalized spacial score (nSPS) is 10.1. The van der Waals surface area contributed by atoms with E-state index >= 15 is 0 Å². The molecule has 0 saturated heterocycles. The SMILES string of the molecule is COc1ccc(Oc2cncc(CN)c2)cc1[N+](=O)[O-]. The molecule has 0 saturated carbocycles. The Morgan fingerprint density at radius 2 is 2.10 bits per heavy atom. The average molecular weight is 275 g/mol. The topological polar surface area (TPSA) is 101 Å². The monoisotopic (exact) mass is 275 g/mol. The minimum absolute atomic E-state index is 0.159. The molecule has 20 heavy (non-hydrogen) atoms. The van der Waals surface area contributed by atoms with Crippen LogP contribution in [0.15, 0.2) is 36.7 Å². The molecule has 7 heteroatoms. The molecule has 0 atom stereocenters. The summed E-state index contributed by atoms with van der Waals surface area (Å²) in [5, 5.41) is 10.9.